The first kappa shape index (κ1) is 8.37. The van der Waals surface area contributed by atoms with Crippen molar-refractivity contribution < 1.29 is 5.11 Å². The Kier molecular flexibility index (Phi) is 3.52. The molecule has 0 aromatic carbocycles. The van der Waals surface area contributed by atoms with Crippen LogP contribution in [-0.2, 0) is 0 Å². The van der Waals surface area contributed by atoms with Crippen molar-refractivity contribution in [3.63, 3.8) is 0 Å². The van der Waals surface area contributed by atoms with Gasteiger partial charge < -0.3 is 10.0 Å². The summed E-state index contributed by atoms with van der Waals surface area (Å²) in [7, 11) is 2.09. The predicted octanol–water partition coefficient (Wildman–Crippen LogP) is 0.416. The number of thioether (sulfide) groups is 1. The molecule has 1 aliphatic heterocycles. The van der Waals surface area contributed by atoms with E-state index in [1.807, 2.05) is 11.8 Å². The molecule has 3 heteroatoms. The summed E-state index contributed by atoms with van der Waals surface area (Å²) < 4.78 is 0. The van der Waals surface area contributed by atoms with Crippen LogP contribution >= 0.6 is 11.8 Å². The second-order valence-electron chi connectivity index (χ2n) is 2.72. The van der Waals surface area contributed by atoms with Gasteiger partial charge in [0.1, 0.15) is 0 Å². The normalized spacial score (nSPS) is 26.1. The number of likely N-dealkylation sites (N-methyl/N-ethyl adjacent to an activating group) is 1. The van der Waals surface area contributed by atoms with Crippen LogP contribution in [0.3, 0.4) is 0 Å². The van der Waals surface area contributed by atoms with Gasteiger partial charge in [0.25, 0.3) is 0 Å². The van der Waals surface area contributed by atoms with Gasteiger partial charge in [0, 0.05) is 18.3 Å². The maximum atomic E-state index is 8.65. The third kappa shape index (κ3) is 2.15. The van der Waals surface area contributed by atoms with E-state index in [1.165, 1.54) is 17.9 Å². The molecule has 0 aromatic heterocycles. The average Bonchev–Trinajstić information content (AvgIpc) is 2.38. The van der Waals surface area contributed by atoms with Crippen LogP contribution in [0.25, 0.3) is 0 Å². The number of nitrogens with zero attached hydrogens (tertiary/aromatic N) is 1. The third-order valence-electron chi connectivity index (χ3n) is 1.98. The fraction of sp³-hybridized carbons (Fsp3) is 1.00. The minimum absolute atomic E-state index is 0.289. The Hall–Kier alpha value is 0.270. The van der Waals surface area contributed by atoms with Gasteiger partial charge in [-0.1, -0.05) is 0 Å². The summed E-state index contributed by atoms with van der Waals surface area (Å²) >= 11 is 2.01. The Labute approximate surface area is 66.6 Å². The third-order valence-corrected chi connectivity index (χ3v) is 3.13. The second-order valence-corrected chi connectivity index (χ2v) is 3.87. The standard InChI is InChI=1S/C7H15NOS/c1-8(3-4-9)7-2-5-10-6-7/h7,9H,2-6H2,1H3/t7-/m1/s1. The lowest BCUT2D eigenvalue weighted by Gasteiger charge is -2.21. The molecular formula is C7H15NOS. The average molecular weight is 161 g/mol. The molecule has 1 atom stereocenters. The molecule has 1 saturated heterocycles. The van der Waals surface area contributed by atoms with E-state index in [2.05, 4.69) is 11.9 Å². The highest BCUT2D eigenvalue weighted by Crippen LogP contribution is 2.20. The van der Waals surface area contributed by atoms with Crippen molar-refractivity contribution >= 4 is 11.8 Å². The summed E-state index contributed by atoms with van der Waals surface area (Å²) in [5.74, 6) is 2.54. The Morgan fingerprint density at radius 1 is 1.70 bits per heavy atom. The number of aliphatic hydroxyl groups is 1. The van der Waals surface area contributed by atoms with Gasteiger partial charge in [-0.2, -0.15) is 11.8 Å². The van der Waals surface area contributed by atoms with Crippen molar-refractivity contribution in [1.29, 1.82) is 0 Å². The lowest BCUT2D eigenvalue weighted by molar-refractivity contribution is 0.190. The van der Waals surface area contributed by atoms with Gasteiger partial charge in [0.2, 0.25) is 0 Å². The molecule has 60 valence electrons. The summed E-state index contributed by atoms with van der Waals surface area (Å²) in [5, 5.41) is 8.65. The maximum Gasteiger partial charge on any atom is 0.0558 e. The fourth-order valence-electron chi connectivity index (χ4n) is 1.21. The summed E-state index contributed by atoms with van der Waals surface area (Å²) in [4.78, 5) is 2.25. The van der Waals surface area contributed by atoms with E-state index in [4.69, 9.17) is 5.11 Å². The van der Waals surface area contributed by atoms with Crippen LogP contribution in [0.4, 0.5) is 0 Å². The van der Waals surface area contributed by atoms with Crippen LogP contribution in [0, 0.1) is 0 Å². The molecule has 1 N–H and O–H groups in total. The van der Waals surface area contributed by atoms with Gasteiger partial charge in [-0.05, 0) is 19.2 Å². The number of rotatable bonds is 3. The van der Waals surface area contributed by atoms with E-state index in [0.29, 0.717) is 0 Å². The number of hydrogen-bond acceptors (Lipinski definition) is 3. The highest BCUT2D eigenvalue weighted by molar-refractivity contribution is 7.99. The molecule has 1 heterocycles. The highest BCUT2D eigenvalue weighted by atomic mass is 32.2. The first-order chi connectivity index (χ1) is 4.84. The van der Waals surface area contributed by atoms with Crippen molar-refractivity contribution in [2.45, 2.75) is 12.5 Å². The molecule has 2 nitrogen and oxygen atoms in total. The molecule has 1 rings (SSSR count). The van der Waals surface area contributed by atoms with Gasteiger partial charge in [-0.15, -0.1) is 0 Å². The Balaban J connectivity index is 2.18. The molecule has 1 fully saturated rings. The molecule has 0 aliphatic carbocycles. The molecule has 0 unspecified atom stereocenters. The molecule has 0 radical (unpaired) electrons. The van der Waals surface area contributed by atoms with Crippen LogP contribution in [0.2, 0.25) is 0 Å². The molecule has 10 heavy (non-hydrogen) atoms. The summed E-state index contributed by atoms with van der Waals surface area (Å²) in [6.45, 7) is 1.11. The largest absolute Gasteiger partial charge is 0.395 e. The van der Waals surface area contributed by atoms with Crippen molar-refractivity contribution in [3.8, 4) is 0 Å². The molecule has 0 amide bonds. The SMILES string of the molecule is CN(CCO)[C@@H]1CCSC1. The summed E-state index contributed by atoms with van der Waals surface area (Å²) in [6.07, 6.45) is 1.29. The molecule has 0 bridgehead atoms. The molecule has 0 spiro atoms. The lowest BCUT2D eigenvalue weighted by atomic mass is 10.2. The zero-order valence-corrected chi connectivity index (χ0v) is 7.23. The van der Waals surface area contributed by atoms with Gasteiger partial charge >= 0.3 is 0 Å². The van der Waals surface area contributed by atoms with Crippen molar-refractivity contribution in [2.75, 3.05) is 31.7 Å². The van der Waals surface area contributed by atoms with Gasteiger partial charge in [0.15, 0.2) is 0 Å². The van der Waals surface area contributed by atoms with Crippen molar-refractivity contribution in [2.24, 2.45) is 0 Å². The molecule has 0 aromatic rings. The molecule has 0 saturated carbocycles. The monoisotopic (exact) mass is 161 g/mol. The Bertz CT molecular complexity index is 93.6. The Morgan fingerprint density at radius 2 is 2.50 bits per heavy atom. The zero-order valence-electron chi connectivity index (χ0n) is 6.42. The topological polar surface area (TPSA) is 23.5 Å². The summed E-state index contributed by atoms with van der Waals surface area (Å²) in [5.41, 5.74) is 0. The van der Waals surface area contributed by atoms with E-state index in [0.717, 1.165) is 12.6 Å². The van der Waals surface area contributed by atoms with E-state index < -0.39 is 0 Å². The lowest BCUT2D eigenvalue weighted by Crippen LogP contribution is -2.33. The maximum absolute atomic E-state index is 8.65. The van der Waals surface area contributed by atoms with Crippen molar-refractivity contribution in [1.82, 2.24) is 4.90 Å². The van der Waals surface area contributed by atoms with Crippen LogP contribution in [-0.4, -0.2) is 47.8 Å². The number of aliphatic hydroxyl groups excluding tert-OH is 1. The van der Waals surface area contributed by atoms with Crippen LogP contribution in [0.15, 0.2) is 0 Å². The van der Waals surface area contributed by atoms with Gasteiger partial charge in [-0.3, -0.25) is 0 Å². The zero-order chi connectivity index (χ0) is 7.40. The van der Waals surface area contributed by atoms with Gasteiger partial charge in [-0.25, -0.2) is 0 Å². The minimum atomic E-state index is 0.289. The van der Waals surface area contributed by atoms with E-state index in [9.17, 15) is 0 Å². The van der Waals surface area contributed by atoms with Crippen LogP contribution in [0.5, 0.6) is 0 Å². The molecular weight excluding hydrogens is 146 g/mol. The highest BCUT2D eigenvalue weighted by Gasteiger charge is 2.18. The van der Waals surface area contributed by atoms with E-state index in [1.54, 1.807) is 0 Å². The summed E-state index contributed by atoms with van der Waals surface area (Å²) in [6, 6.07) is 0.720. The minimum Gasteiger partial charge on any atom is -0.395 e. The first-order valence-corrected chi connectivity index (χ1v) is 4.89. The van der Waals surface area contributed by atoms with Crippen LogP contribution < -0.4 is 0 Å². The predicted molar refractivity (Wildman–Crippen MR) is 45.4 cm³/mol. The first-order valence-electron chi connectivity index (χ1n) is 3.73. The van der Waals surface area contributed by atoms with E-state index in [-0.39, 0.29) is 6.61 Å². The number of hydrogen-bond donors (Lipinski definition) is 1. The second kappa shape index (κ2) is 4.21. The quantitative estimate of drug-likeness (QED) is 0.649. The van der Waals surface area contributed by atoms with Crippen LogP contribution in [0.1, 0.15) is 6.42 Å². The fourth-order valence-corrected chi connectivity index (χ4v) is 2.51. The molecule has 1 aliphatic rings. The Morgan fingerprint density at radius 3 is 3.00 bits per heavy atom. The van der Waals surface area contributed by atoms with Crippen molar-refractivity contribution in [3.05, 3.63) is 0 Å². The van der Waals surface area contributed by atoms with E-state index >= 15 is 0 Å². The van der Waals surface area contributed by atoms with Gasteiger partial charge in [0.05, 0.1) is 6.61 Å². The smallest absolute Gasteiger partial charge is 0.0558 e.